The van der Waals surface area contributed by atoms with Gasteiger partial charge in [-0.3, -0.25) is 14.6 Å². The van der Waals surface area contributed by atoms with Gasteiger partial charge in [0.15, 0.2) is 29.7 Å². The molecular formula is C48H55N5O9. The highest BCUT2D eigenvalue weighted by molar-refractivity contribution is 6.16. The van der Waals surface area contributed by atoms with Crippen molar-refractivity contribution in [3.63, 3.8) is 0 Å². The van der Waals surface area contributed by atoms with E-state index in [0.717, 1.165) is 17.3 Å². The Morgan fingerprint density at radius 3 is 2.73 bits per heavy atom. The minimum absolute atomic E-state index is 0.0972. The van der Waals surface area contributed by atoms with E-state index in [1.807, 2.05) is 25.1 Å². The van der Waals surface area contributed by atoms with Crippen LogP contribution < -0.4 is 4.74 Å². The Kier molecular flexibility index (Phi) is 13.4. The number of carbonyl (C=O) groups is 2. The Morgan fingerprint density at radius 2 is 1.98 bits per heavy atom. The average molecular weight is 846 g/mol. The smallest absolute Gasteiger partial charge is 0.194 e. The number of aromatic amines is 1. The molecule has 2 saturated heterocycles. The van der Waals surface area contributed by atoms with E-state index in [2.05, 4.69) is 64.4 Å². The molecule has 8 unspecified atom stereocenters. The number of fused-ring (bicyclic) bond motifs is 5. The van der Waals surface area contributed by atoms with E-state index in [0.29, 0.717) is 64.7 Å². The van der Waals surface area contributed by atoms with Gasteiger partial charge in [0.05, 0.1) is 43.2 Å². The average Bonchev–Trinajstić information content (AvgIpc) is 3.62. The van der Waals surface area contributed by atoms with E-state index in [4.69, 9.17) is 29.2 Å². The van der Waals surface area contributed by atoms with Crippen molar-refractivity contribution < 1.29 is 43.5 Å². The molecule has 3 N–H and O–H groups in total. The highest BCUT2D eigenvalue weighted by Gasteiger charge is 2.59. The Balaban J connectivity index is 1.26. The van der Waals surface area contributed by atoms with Crippen LogP contribution in [0.5, 0.6) is 5.75 Å². The summed E-state index contributed by atoms with van der Waals surface area (Å²) >= 11 is 0. The number of hydrogen-bond donors (Lipinski definition) is 3. The third-order valence-electron chi connectivity index (χ3n) is 12.7. The molecule has 2 bridgehead atoms. The van der Waals surface area contributed by atoms with Gasteiger partial charge in [-0.15, -0.1) is 0 Å². The molecule has 2 aromatic heterocycles. The molecule has 4 heterocycles. The van der Waals surface area contributed by atoms with Crippen LogP contribution in [0.15, 0.2) is 70.5 Å². The van der Waals surface area contributed by atoms with Gasteiger partial charge in [0.2, 0.25) is 0 Å². The number of aromatic nitrogens is 2. The van der Waals surface area contributed by atoms with Gasteiger partial charge in [0, 0.05) is 39.4 Å². The quantitative estimate of drug-likeness (QED) is 0.0388. The van der Waals surface area contributed by atoms with Gasteiger partial charge in [-0.05, 0) is 104 Å². The lowest BCUT2D eigenvalue weighted by Crippen LogP contribution is -2.65. The fraction of sp³-hybridized carbons (Fsp3) is 0.521. The molecule has 3 aromatic rings. The number of rotatable bonds is 13. The number of azide groups is 1. The number of hydrogen-bond acceptors (Lipinski definition) is 11. The van der Waals surface area contributed by atoms with Crippen LogP contribution in [0.2, 0.25) is 0 Å². The third kappa shape index (κ3) is 8.70. The predicted octanol–water partition coefficient (Wildman–Crippen LogP) is 7.45. The van der Waals surface area contributed by atoms with Crippen molar-refractivity contribution in [2.45, 2.75) is 117 Å². The summed E-state index contributed by atoms with van der Waals surface area (Å²) in [6.07, 6.45) is 1.22. The molecule has 14 heteroatoms. The highest BCUT2D eigenvalue weighted by Crippen LogP contribution is 2.46. The van der Waals surface area contributed by atoms with E-state index in [1.54, 1.807) is 45.2 Å². The molecule has 7 rings (SSSR count). The molecule has 0 radical (unpaired) electrons. The zero-order valence-corrected chi connectivity index (χ0v) is 36.3. The number of H-pyrrole nitrogens is 1. The molecule has 2 fully saturated rings. The number of pyridine rings is 1. The van der Waals surface area contributed by atoms with Crippen molar-refractivity contribution in [3.05, 3.63) is 81.5 Å². The second-order valence-corrected chi connectivity index (χ2v) is 17.3. The number of nitrogens with zero attached hydrogens (tertiary/aromatic N) is 4. The molecule has 326 valence electrons. The topological polar surface area (TPSA) is 198 Å². The second-order valence-electron chi connectivity index (χ2n) is 17.3. The van der Waals surface area contributed by atoms with Gasteiger partial charge >= 0.3 is 0 Å². The zero-order chi connectivity index (χ0) is 44.3. The van der Waals surface area contributed by atoms with Crippen molar-refractivity contribution in [3.8, 4) is 29.4 Å². The molecule has 4 aliphatic rings. The number of aliphatic hydroxyl groups excluding tert-OH is 1. The Morgan fingerprint density at radius 1 is 1.19 bits per heavy atom. The maximum Gasteiger partial charge on any atom is 0.194 e. The number of ether oxygens (including phenoxy) is 5. The number of ketones is 2. The van der Waals surface area contributed by atoms with Gasteiger partial charge in [-0.2, -0.15) is 0 Å². The molecule has 10 atom stereocenters. The second kappa shape index (κ2) is 18.6. The first kappa shape index (κ1) is 44.8. The van der Waals surface area contributed by atoms with E-state index in [9.17, 15) is 15.0 Å². The number of Topliss-reactive ketones (excluding diaryl/α,β-unsaturated/α-hetero) is 2. The van der Waals surface area contributed by atoms with Crippen LogP contribution >= 0.6 is 0 Å². The summed E-state index contributed by atoms with van der Waals surface area (Å²) in [6.45, 7) is 14.3. The summed E-state index contributed by atoms with van der Waals surface area (Å²) < 4.78 is 32.3. The van der Waals surface area contributed by atoms with Crippen molar-refractivity contribution in [1.82, 2.24) is 9.97 Å². The number of aliphatic hydroxyl groups is 2. The molecule has 0 saturated carbocycles. The summed E-state index contributed by atoms with van der Waals surface area (Å²) in [4.78, 5) is 39.3. The molecule has 2 aliphatic heterocycles. The number of benzene rings is 1. The predicted molar refractivity (Wildman–Crippen MR) is 232 cm³/mol. The van der Waals surface area contributed by atoms with Gasteiger partial charge in [0.25, 0.3) is 0 Å². The molecule has 0 amide bonds. The Labute approximate surface area is 361 Å². The van der Waals surface area contributed by atoms with Crippen molar-refractivity contribution in [2.24, 2.45) is 28.3 Å². The number of carbonyl (C=O) groups excluding carboxylic acids is 2. The molecule has 0 spiro atoms. The fourth-order valence-corrected chi connectivity index (χ4v) is 9.07. The molecular weight excluding hydrogens is 791 g/mol. The summed E-state index contributed by atoms with van der Waals surface area (Å²) in [6, 6.07) is 7.25. The van der Waals surface area contributed by atoms with Crippen LogP contribution in [0.25, 0.3) is 32.2 Å². The summed E-state index contributed by atoms with van der Waals surface area (Å²) in [7, 11) is 0. The number of allylic oxidation sites excluding steroid dienone is 4. The van der Waals surface area contributed by atoms with Crippen LogP contribution in [-0.4, -0.2) is 94.1 Å². The first-order valence-corrected chi connectivity index (χ1v) is 21.4. The Hall–Kier alpha value is -5.28. The molecule has 62 heavy (non-hydrogen) atoms. The van der Waals surface area contributed by atoms with Crippen LogP contribution in [0.4, 0.5) is 0 Å². The standard InChI is InChI=1S/C48H55N5O9/c1-8-13-35-40-29(5)37(54)25-48(35,57)18-12-10-9-11-14-38(40)61-46-43(62-39-23-28(4)31(26-59-39)22-27(2)3)45(56)47(7,30(6)60-46)44(55)42-41-33(17-19-50-42)34-24-32(15-16-36(34)52-41)58-21-20-51-53-49/h9-10,13,15-17,19,24,27-28,30-31,38-39,43,45-46,52,56-57H,8,20-23,25-26H2,1-7H3/b10-9-,35-13+/t28?,30?,31?,38-,39?,43?,45?,46?,47?,48-/m0/s1. The SMILES string of the molecule is CC/C=C1\C2=C(C)C(=O)C[C@@]1(O)C#C/C=C\C#C[C@@H]2OC1OC(C)C(C)(C(=O)c2nccc3c2[nH]c2ccc(OCCN=[N+]=[N-])cc23)C(O)C1OC1CC(C)C(CC(C)C)CO1. The minimum atomic E-state index is -1.79. The zero-order valence-electron chi connectivity index (χ0n) is 36.3. The summed E-state index contributed by atoms with van der Waals surface area (Å²) in [5.41, 5.74) is 7.66. The lowest BCUT2D eigenvalue weighted by atomic mass is 9.70. The molecule has 14 nitrogen and oxygen atoms in total. The van der Waals surface area contributed by atoms with E-state index < -0.39 is 53.8 Å². The van der Waals surface area contributed by atoms with Gasteiger partial charge in [-0.1, -0.05) is 62.6 Å². The highest BCUT2D eigenvalue weighted by atomic mass is 16.7. The van der Waals surface area contributed by atoms with Gasteiger partial charge in [0.1, 0.15) is 29.8 Å². The van der Waals surface area contributed by atoms with Crippen LogP contribution in [0, 0.1) is 46.9 Å². The lowest BCUT2D eigenvalue weighted by Gasteiger charge is -2.50. The van der Waals surface area contributed by atoms with E-state index in [-0.39, 0.29) is 37.0 Å². The maximum absolute atomic E-state index is 15.1. The Bertz CT molecular complexity index is 2500. The fourth-order valence-electron chi connectivity index (χ4n) is 9.07. The minimum Gasteiger partial charge on any atom is -0.493 e. The first-order chi connectivity index (χ1) is 29.7. The lowest BCUT2D eigenvalue weighted by molar-refractivity contribution is -0.339. The van der Waals surface area contributed by atoms with E-state index in [1.165, 1.54) is 6.08 Å². The first-order valence-electron chi connectivity index (χ1n) is 21.4. The number of nitrogens with one attached hydrogen (secondary N) is 1. The van der Waals surface area contributed by atoms with Crippen LogP contribution in [0.1, 0.15) is 84.6 Å². The maximum atomic E-state index is 15.1. The molecule has 1 aromatic carbocycles. The van der Waals surface area contributed by atoms with Gasteiger partial charge in [-0.25, -0.2) is 0 Å². The monoisotopic (exact) mass is 845 g/mol. The summed E-state index contributed by atoms with van der Waals surface area (Å²) in [5.74, 6) is 12.6. The largest absolute Gasteiger partial charge is 0.493 e. The summed E-state index contributed by atoms with van der Waals surface area (Å²) in [5, 5.41) is 29.6. The van der Waals surface area contributed by atoms with E-state index >= 15 is 4.79 Å². The van der Waals surface area contributed by atoms with Crippen LogP contribution in [-0.2, 0) is 23.7 Å². The van der Waals surface area contributed by atoms with Crippen molar-refractivity contribution in [1.29, 1.82) is 0 Å². The van der Waals surface area contributed by atoms with Crippen molar-refractivity contribution in [2.75, 3.05) is 19.8 Å². The molecule has 2 aliphatic carbocycles. The van der Waals surface area contributed by atoms with Crippen LogP contribution in [0.3, 0.4) is 0 Å². The normalized spacial score (nSPS) is 32.2. The van der Waals surface area contributed by atoms with Crippen molar-refractivity contribution >= 4 is 33.4 Å². The third-order valence-corrected chi connectivity index (χ3v) is 12.7. The van der Waals surface area contributed by atoms with Gasteiger partial charge < -0.3 is 38.9 Å².